The molecule has 2 aromatic carbocycles. The van der Waals surface area contributed by atoms with Crippen LogP contribution in [0.3, 0.4) is 0 Å². The molecule has 2 atom stereocenters. The van der Waals surface area contributed by atoms with Gasteiger partial charge >= 0.3 is 0 Å². The predicted octanol–water partition coefficient (Wildman–Crippen LogP) is 4.38. The standard InChI is InChI=1S/C24H24N4O2/c29-15-19-11-12-21(30-19)28-14-20(18-9-5-2-6-10-18)22-23(26-16-27-24(22)28)25-13-17-7-3-1-4-8-17/h1-10,14,16,19,21,29H,11-13,15H2,(H,25,26,27). The highest BCUT2D eigenvalue weighted by Gasteiger charge is 2.29. The Hall–Kier alpha value is -3.22. The third-order valence-corrected chi connectivity index (χ3v) is 5.60. The molecule has 0 saturated carbocycles. The van der Waals surface area contributed by atoms with E-state index < -0.39 is 0 Å². The van der Waals surface area contributed by atoms with E-state index in [1.807, 2.05) is 36.4 Å². The highest BCUT2D eigenvalue weighted by atomic mass is 16.5. The van der Waals surface area contributed by atoms with Crippen LogP contribution in [0.1, 0.15) is 24.6 Å². The molecule has 6 nitrogen and oxygen atoms in total. The van der Waals surface area contributed by atoms with Crippen molar-refractivity contribution in [1.29, 1.82) is 0 Å². The Morgan fingerprint density at radius 1 is 1.00 bits per heavy atom. The molecule has 6 heteroatoms. The van der Waals surface area contributed by atoms with Gasteiger partial charge in [0.2, 0.25) is 0 Å². The molecule has 2 unspecified atom stereocenters. The fourth-order valence-corrected chi connectivity index (χ4v) is 4.08. The molecule has 30 heavy (non-hydrogen) atoms. The first kappa shape index (κ1) is 18.8. The number of anilines is 1. The van der Waals surface area contributed by atoms with Crippen molar-refractivity contribution in [2.45, 2.75) is 31.7 Å². The van der Waals surface area contributed by atoms with Crippen molar-refractivity contribution in [3.8, 4) is 11.1 Å². The second kappa shape index (κ2) is 8.26. The van der Waals surface area contributed by atoms with Gasteiger partial charge in [0.05, 0.1) is 18.1 Å². The topological polar surface area (TPSA) is 72.2 Å². The lowest BCUT2D eigenvalue weighted by molar-refractivity contribution is -0.0204. The molecule has 1 aliphatic rings. The summed E-state index contributed by atoms with van der Waals surface area (Å²) in [5.41, 5.74) is 4.20. The van der Waals surface area contributed by atoms with Crippen LogP contribution in [0.2, 0.25) is 0 Å². The first-order valence-corrected chi connectivity index (χ1v) is 10.3. The summed E-state index contributed by atoms with van der Waals surface area (Å²) in [6.45, 7) is 0.721. The molecule has 0 radical (unpaired) electrons. The first-order valence-electron chi connectivity index (χ1n) is 10.3. The zero-order valence-electron chi connectivity index (χ0n) is 16.6. The zero-order chi connectivity index (χ0) is 20.3. The van der Waals surface area contributed by atoms with Crippen molar-refractivity contribution in [3.05, 3.63) is 78.8 Å². The summed E-state index contributed by atoms with van der Waals surface area (Å²) in [4.78, 5) is 9.17. The van der Waals surface area contributed by atoms with E-state index in [9.17, 15) is 5.11 Å². The maximum Gasteiger partial charge on any atom is 0.148 e. The van der Waals surface area contributed by atoms with Crippen LogP contribution in [0, 0.1) is 0 Å². The maximum absolute atomic E-state index is 9.48. The van der Waals surface area contributed by atoms with Gasteiger partial charge in [0, 0.05) is 18.3 Å². The van der Waals surface area contributed by atoms with E-state index in [1.165, 1.54) is 5.56 Å². The van der Waals surface area contributed by atoms with Gasteiger partial charge in [-0.05, 0) is 24.0 Å². The molecule has 0 amide bonds. The molecule has 1 fully saturated rings. The van der Waals surface area contributed by atoms with Crippen molar-refractivity contribution >= 4 is 16.9 Å². The second-order valence-corrected chi connectivity index (χ2v) is 7.55. The number of fused-ring (bicyclic) bond motifs is 1. The predicted molar refractivity (Wildman–Crippen MR) is 117 cm³/mol. The van der Waals surface area contributed by atoms with Gasteiger partial charge in [-0.15, -0.1) is 0 Å². The van der Waals surface area contributed by atoms with E-state index in [-0.39, 0.29) is 18.9 Å². The van der Waals surface area contributed by atoms with Crippen LogP contribution in [0.15, 0.2) is 73.2 Å². The Bertz CT molecular complexity index is 1130. The largest absolute Gasteiger partial charge is 0.394 e. The van der Waals surface area contributed by atoms with Crippen LogP contribution in [-0.4, -0.2) is 32.4 Å². The van der Waals surface area contributed by atoms with E-state index in [4.69, 9.17) is 4.74 Å². The van der Waals surface area contributed by atoms with Gasteiger partial charge in [0.1, 0.15) is 24.0 Å². The van der Waals surface area contributed by atoms with Gasteiger partial charge in [-0.25, -0.2) is 9.97 Å². The van der Waals surface area contributed by atoms with Crippen LogP contribution in [0.4, 0.5) is 5.82 Å². The quantitative estimate of drug-likeness (QED) is 0.503. The van der Waals surface area contributed by atoms with Crippen LogP contribution in [0.25, 0.3) is 22.2 Å². The highest BCUT2D eigenvalue weighted by Crippen LogP contribution is 2.38. The van der Waals surface area contributed by atoms with Crippen molar-refractivity contribution in [2.24, 2.45) is 0 Å². The monoisotopic (exact) mass is 400 g/mol. The summed E-state index contributed by atoms with van der Waals surface area (Å²) in [6.07, 6.45) is 5.13. The number of aliphatic hydroxyl groups is 1. The lowest BCUT2D eigenvalue weighted by Gasteiger charge is -2.15. The molecule has 3 heterocycles. The fourth-order valence-electron chi connectivity index (χ4n) is 4.08. The molecule has 4 aromatic rings. The first-order chi connectivity index (χ1) is 14.8. The number of benzene rings is 2. The summed E-state index contributed by atoms with van der Waals surface area (Å²) >= 11 is 0. The smallest absolute Gasteiger partial charge is 0.148 e. The van der Waals surface area contributed by atoms with Gasteiger partial charge in [-0.3, -0.25) is 0 Å². The van der Waals surface area contributed by atoms with Crippen LogP contribution in [0.5, 0.6) is 0 Å². The van der Waals surface area contributed by atoms with Gasteiger partial charge in [0.25, 0.3) is 0 Å². The molecule has 0 bridgehead atoms. The highest BCUT2D eigenvalue weighted by molar-refractivity contribution is 6.01. The molecule has 2 aromatic heterocycles. The summed E-state index contributed by atoms with van der Waals surface area (Å²) in [6, 6.07) is 20.5. The van der Waals surface area contributed by atoms with Crippen LogP contribution < -0.4 is 5.32 Å². The summed E-state index contributed by atoms with van der Waals surface area (Å²) in [5, 5.41) is 14.0. The van der Waals surface area contributed by atoms with Gasteiger partial charge in [-0.1, -0.05) is 60.7 Å². The van der Waals surface area contributed by atoms with E-state index >= 15 is 0 Å². The Labute approximate surface area is 175 Å². The number of ether oxygens (including phenoxy) is 1. The van der Waals surface area contributed by atoms with E-state index in [2.05, 4.69) is 50.3 Å². The number of nitrogens with zero attached hydrogens (tertiary/aromatic N) is 3. The normalized spacial score (nSPS) is 18.7. The number of aromatic nitrogens is 3. The number of rotatable bonds is 6. The SMILES string of the molecule is OCC1CCC(n2cc(-c3ccccc3)c3c(NCc4ccccc4)ncnc32)O1. The molecule has 152 valence electrons. The molecular formula is C24H24N4O2. The number of nitrogens with one attached hydrogen (secondary N) is 1. The lowest BCUT2D eigenvalue weighted by Crippen LogP contribution is -2.14. The van der Waals surface area contributed by atoms with E-state index in [0.717, 1.165) is 40.8 Å². The van der Waals surface area contributed by atoms with Crippen molar-refractivity contribution < 1.29 is 9.84 Å². The fraction of sp³-hybridized carbons (Fsp3) is 0.250. The van der Waals surface area contributed by atoms with Gasteiger partial charge < -0.3 is 19.7 Å². The zero-order valence-corrected chi connectivity index (χ0v) is 16.6. The molecule has 0 spiro atoms. The van der Waals surface area contributed by atoms with E-state index in [1.54, 1.807) is 6.33 Å². The van der Waals surface area contributed by atoms with Crippen molar-refractivity contribution in [1.82, 2.24) is 14.5 Å². The van der Waals surface area contributed by atoms with Crippen LogP contribution >= 0.6 is 0 Å². The minimum atomic E-state index is -0.140. The van der Waals surface area contributed by atoms with Gasteiger partial charge in [0.15, 0.2) is 0 Å². The Kier molecular flexibility index (Phi) is 5.17. The third-order valence-electron chi connectivity index (χ3n) is 5.60. The average molecular weight is 400 g/mol. The molecule has 1 aliphatic heterocycles. The lowest BCUT2D eigenvalue weighted by atomic mass is 10.1. The maximum atomic E-state index is 9.48. The van der Waals surface area contributed by atoms with Gasteiger partial charge in [-0.2, -0.15) is 0 Å². The van der Waals surface area contributed by atoms with E-state index in [0.29, 0.717) is 6.54 Å². The summed E-state index contributed by atoms with van der Waals surface area (Å²) in [5.74, 6) is 0.804. The average Bonchev–Trinajstić information content (AvgIpc) is 3.44. The Morgan fingerprint density at radius 2 is 1.77 bits per heavy atom. The van der Waals surface area contributed by atoms with Crippen molar-refractivity contribution in [3.63, 3.8) is 0 Å². The number of hydrogen-bond acceptors (Lipinski definition) is 5. The number of hydrogen-bond donors (Lipinski definition) is 2. The third kappa shape index (κ3) is 3.56. The molecule has 0 aliphatic carbocycles. The molecule has 1 saturated heterocycles. The molecular weight excluding hydrogens is 376 g/mol. The second-order valence-electron chi connectivity index (χ2n) is 7.55. The van der Waals surface area contributed by atoms with Crippen LogP contribution in [-0.2, 0) is 11.3 Å². The Morgan fingerprint density at radius 3 is 2.50 bits per heavy atom. The van der Waals surface area contributed by atoms with Crippen molar-refractivity contribution in [2.75, 3.05) is 11.9 Å². The molecule has 5 rings (SSSR count). The minimum absolute atomic E-state index is 0.0418. The summed E-state index contributed by atoms with van der Waals surface area (Å²) < 4.78 is 8.14. The summed E-state index contributed by atoms with van der Waals surface area (Å²) in [7, 11) is 0. The number of aliphatic hydroxyl groups excluding tert-OH is 1. The Balaban J connectivity index is 1.59. The minimum Gasteiger partial charge on any atom is -0.394 e. The molecule has 2 N–H and O–H groups in total.